The quantitative estimate of drug-likeness (QED) is 0.339. The van der Waals surface area contributed by atoms with Gasteiger partial charge in [-0.2, -0.15) is 4.31 Å². The van der Waals surface area contributed by atoms with Crippen LogP contribution in [0.3, 0.4) is 0 Å². The number of sulfonamides is 2. The summed E-state index contributed by atoms with van der Waals surface area (Å²) in [5.41, 5.74) is 1.22. The molecule has 0 fully saturated rings. The summed E-state index contributed by atoms with van der Waals surface area (Å²) in [6.45, 7) is 7.48. The van der Waals surface area contributed by atoms with Crippen LogP contribution in [-0.2, 0) is 31.8 Å². The van der Waals surface area contributed by atoms with Crippen LogP contribution in [0.1, 0.15) is 56.0 Å². The van der Waals surface area contributed by atoms with Crippen LogP contribution in [0.15, 0.2) is 64.9 Å². The molecule has 0 spiro atoms. The van der Waals surface area contributed by atoms with Gasteiger partial charge < -0.3 is 24.0 Å². The van der Waals surface area contributed by atoms with Crippen LogP contribution >= 0.6 is 0 Å². The highest BCUT2D eigenvalue weighted by Crippen LogP contribution is 2.30. The predicted molar refractivity (Wildman–Crippen MR) is 182 cm³/mol. The van der Waals surface area contributed by atoms with Crippen LogP contribution in [0.2, 0.25) is 0 Å². The third-order valence-corrected chi connectivity index (χ3v) is 11.5. The van der Waals surface area contributed by atoms with E-state index in [9.17, 15) is 26.7 Å². The van der Waals surface area contributed by atoms with Crippen LogP contribution in [0, 0.1) is 12.8 Å². The molecule has 48 heavy (non-hydrogen) atoms. The van der Waals surface area contributed by atoms with Gasteiger partial charge in [0.05, 0.1) is 41.6 Å². The predicted octanol–water partition coefficient (Wildman–Crippen LogP) is 3.65. The number of nitrogens with zero attached hydrogens (tertiary/aromatic N) is 4. The van der Waals surface area contributed by atoms with E-state index in [1.54, 1.807) is 42.8 Å². The Hall–Kier alpha value is -3.50. The van der Waals surface area contributed by atoms with E-state index in [1.807, 2.05) is 20.8 Å². The van der Waals surface area contributed by atoms with Crippen molar-refractivity contribution in [1.29, 1.82) is 0 Å². The third-order valence-electron chi connectivity index (χ3n) is 8.43. The van der Waals surface area contributed by atoms with Crippen molar-refractivity contribution in [3.8, 4) is 5.75 Å². The van der Waals surface area contributed by atoms with Crippen LogP contribution in [0.4, 0.5) is 5.69 Å². The Kier molecular flexibility index (Phi) is 12.3. The topological polar surface area (TPSA) is 160 Å². The maximum absolute atomic E-state index is 14.4. The van der Waals surface area contributed by atoms with Gasteiger partial charge in [-0.05, 0) is 70.4 Å². The van der Waals surface area contributed by atoms with Gasteiger partial charge in [-0.25, -0.2) is 21.8 Å². The van der Waals surface area contributed by atoms with Gasteiger partial charge in [0.1, 0.15) is 5.75 Å². The number of hydrogen-bond donors (Lipinski definition) is 2. The second kappa shape index (κ2) is 15.8. The highest BCUT2D eigenvalue weighted by Gasteiger charge is 2.33. The van der Waals surface area contributed by atoms with Crippen molar-refractivity contribution in [2.75, 3.05) is 38.1 Å². The lowest BCUT2D eigenvalue weighted by atomic mass is 10.0. The van der Waals surface area contributed by atoms with Gasteiger partial charge in [-0.3, -0.25) is 9.52 Å². The lowest BCUT2D eigenvalue weighted by molar-refractivity contribution is -0.00835. The molecule has 1 aromatic heterocycles. The maximum atomic E-state index is 14.4. The van der Waals surface area contributed by atoms with Crippen molar-refractivity contribution >= 4 is 31.6 Å². The highest BCUT2D eigenvalue weighted by molar-refractivity contribution is 7.92. The number of aliphatic hydroxyl groups is 1. The van der Waals surface area contributed by atoms with E-state index in [-0.39, 0.29) is 52.9 Å². The number of aliphatic hydroxyl groups excluding tert-OH is 1. The van der Waals surface area contributed by atoms with E-state index < -0.39 is 38.1 Å². The number of carbonyl (C=O) groups excluding carboxylic acids is 1. The number of fused-ring (bicyclic) bond motifs is 1. The first-order valence-electron chi connectivity index (χ1n) is 16.0. The highest BCUT2D eigenvalue weighted by atomic mass is 32.2. The van der Waals surface area contributed by atoms with Crippen LogP contribution in [0.25, 0.3) is 0 Å². The summed E-state index contributed by atoms with van der Waals surface area (Å²) in [4.78, 5) is 19.9. The number of aromatic nitrogens is 2. The number of benzene rings is 2. The first-order valence-corrected chi connectivity index (χ1v) is 18.9. The number of carbonyl (C=O) groups is 1. The summed E-state index contributed by atoms with van der Waals surface area (Å²) in [6.07, 6.45) is 4.10. The van der Waals surface area contributed by atoms with Gasteiger partial charge >= 0.3 is 0 Å². The monoisotopic (exact) mass is 705 g/mol. The van der Waals surface area contributed by atoms with Gasteiger partial charge in [0.15, 0.2) is 5.03 Å². The normalized spacial score (nSPS) is 20.9. The number of amides is 1. The summed E-state index contributed by atoms with van der Waals surface area (Å²) in [7, 11) is -4.71. The minimum absolute atomic E-state index is 0.0106. The molecule has 264 valence electrons. The van der Waals surface area contributed by atoms with Gasteiger partial charge in [0.25, 0.3) is 26.0 Å². The molecule has 2 heterocycles. The van der Waals surface area contributed by atoms with Crippen molar-refractivity contribution < 1.29 is 36.2 Å². The summed E-state index contributed by atoms with van der Waals surface area (Å²) in [6, 6.07) is 10.4. The van der Waals surface area contributed by atoms with E-state index in [0.29, 0.717) is 25.2 Å². The number of ether oxygens (including phenoxy) is 2. The first kappa shape index (κ1) is 37.3. The fraction of sp³-hybridized carbons (Fsp3) is 0.515. The molecule has 0 bridgehead atoms. The molecule has 2 N–H and O–H groups in total. The molecule has 3 aromatic rings. The van der Waals surface area contributed by atoms with Crippen LogP contribution in [0.5, 0.6) is 5.75 Å². The molecule has 13 nitrogen and oxygen atoms in total. The van der Waals surface area contributed by atoms with Crippen molar-refractivity contribution in [3.63, 3.8) is 0 Å². The van der Waals surface area contributed by atoms with E-state index in [0.717, 1.165) is 12.0 Å². The summed E-state index contributed by atoms with van der Waals surface area (Å²) in [5.74, 6) is -0.564. The van der Waals surface area contributed by atoms with Crippen LogP contribution < -0.4 is 9.46 Å². The van der Waals surface area contributed by atoms with E-state index in [1.165, 1.54) is 47.0 Å². The van der Waals surface area contributed by atoms with Gasteiger partial charge in [0, 0.05) is 51.6 Å². The molecule has 2 aromatic carbocycles. The Morgan fingerprint density at radius 3 is 2.46 bits per heavy atom. The summed E-state index contributed by atoms with van der Waals surface area (Å²) < 4.78 is 70.9. The molecule has 4 rings (SSSR count). The van der Waals surface area contributed by atoms with Gasteiger partial charge in [-0.15, -0.1) is 0 Å². The Bertz CT molecular complexity index is 1760. The Balaban J connectivity index is 1.68. The number of rotatable bonds is 9. The zero-order valence-corrected chi connectivity index (χ0v) is 30.0. The number of anilines is 1. The van der Waals surface area contributed by atoms with Crippen LogP contribution in [-0.4, -0.2) is 98.2 Å². The number of hydrogen-bond acceptors (Lipinski definition) is 9. The number of imidazole rings is 1. The number of nitrogens with one attached hydrogen (secondary N) is 1. The summed E-state index contributed by atoms with van der Waals surface area (Å²) in [5, 5.41) is 10.1. The van der Waals surface area contributed by atoms with E-state index >= 15 is 0 Å². The van der Waals surface area contributed by atoms with Gasteiger partial charge in [-0.1, -0.05) is 24.6 Å². The van der Waals surface area contributed by atoms with Crippen molar-refractivity contribution in [3.05, 3.63) is 66.1 Å². The zero-order chi connectivity index (χ0) is 35.2. The molecule has 0 unspecified atom stereocenters. The fourth-order valence-electron chi connectivity index (χ4n) is 5.41. The minimum atomic E-state index is -3.96. The second-order valence-electron chi connectivity index (χ2n) is 12.6. The number of aryl methyl sites for hydroxylation is 2. The molecular formula is C33H47N5O8S2. The molecular weight excluding hydrogens is 659 g/mol. The Labute approximate surface area is 284 Å². The lowest BCUT2D eigenvalue weighted by Gasteiger charge is -2.35. The summed E-state index contributed by atoms with van der Waals surface area (Å²) >= 11 is 0. The third kappa shape index (κ3) is 9.14. The number of likely N-dealkylation sites (N-methyl/N-ethyl adjacent to an activating group) is 1. The molecule has 15 heteroatoms. The fourth-order valence-corrected chi connectivity index (χ4v) is 7.61. The maximum Gasteiger partial charge on any atom is 0.261 e. The average molecular weight is 706 g/mol. The first-order chi connectivity index (χ1) is 22.6. The Morgan fingerprint density at radius 1 is 1.10 bits per heavy atom. The zero-order valence-electron chi connectivity index (χ0n) is 28.4. The molecule has 0 saturated heterocycles. The molecule has 0 aliphatic carbocycles. The Morgan fingerprint density at radius 2 is 1.81 bits per heavy atom. The lowest BCUT2D eigenvalue weighted by Crippen LogP contribution is -2.48. The SMILES string of the molecule is Cc1ccc(S(=O)(=O)Nc2ccc3c(c2)C(=O)N([C@H](C)CO)C[C@H](C)[C@@H](CN(C)S(=O)(=O)c2cn(C)cn2)OCCCC[C@@H](C)O3)cc1. The molecule has 0 radical (unpaired) electrons. The average Bonchev–Trinajstić information content (AvgIpc) is 3.49. The molecule has 1 aliphatic heterocycles. The van der Waals surface area contributed by atoms with Crippen molar-refractivity contribution in [2.45, 2.75) is 75.1 Å². The second-order valence-corrected chi connectivity index (χ2v) is 16.3. The van der Waals surface area contributed by atoms with E-state index in [4.69, 9.17) is 9.47 Å². The standard InChI is InChI=1S/C33H47N5O8S2/c1-23-10-13-28(14-11-23)47(41,42)35-27-12-15-30-29(17-27)33(40)38(25(3)21-39)18-24(2)31(45-16-8-7-9-26(4)46-30)19-37(6)48(43,44)32-20-36(5)22-34-32/h10-15,17,20,22,24-26,31,35,39H,7-9,16,18-19,21H2,1-6H3/t24-,25+,26+,31+/m0/s1. The van der Waals surface area contributed by atoms with Crippen molar-refractivity contribution in [1.82, 2.24) is 18.8 Å². The molecule has 4 atom stereocenters. The van der Waals surface area contributed by atoms with Crippen molar-refractivity contribution in [2.24, 2.45) is 13.0 Å². The minimum Gasteiger partial charge on any atom is -0.490 e. The smallest absolute Gasteiger partial charge is 0.261 e. The molecule has 1 amide bonds. The molecule has 1 aliphatic rings. The van der Waals surface area contributed by atoms with E-state index in [2.05, 4.69) is 9.71 Å². The molecule has 0 saturated carbocycles. The largest absolute Gasteiger partial charge is 0.490 e. The van der Waals surface area contributed by atoms with Gasteiger partial charge in [0.2, 0.25) is 0 Å².